The monoisotopic (exact) mass is 350 g/mol. The van der Waals surface area contributed by atoms with E-state index in [1.165, 1.54) is 41.0 Å². The van der Waals surface area contributed by atoms with Crippen molar-refractivity contribution in [1.82, 2.24) is 19.7 Å². The molecule has 4 rings (SSSR count). The Bertz CT molecular complexity index is 982. The molecule has 0 atom stereocenters. The average molecular weight is 350 g/mol. The van der Waals surface area contributed by atoms with Crippen molar-refractivity contribution in [2.24, 2.45) is 0 Å². The number of aryl methyl sites for hydroxylation is 2. The standard InChI is InChI=1S/C18H18N6O2/c1-12-9-17(21-16-8-4-6-13-5-2-3-7-15(13)16)22-18(20-12)23-11-14(10-19-23)24(25)26/h4,6,8-11H,2-3,5,7H2,1H3,(H,20,21,22). The summed E-state index contributed by atoms with van der Waals surface area (Å²) in [5, 5.41) is 18.2. The van der Waals surface area contributed by atoms with Gasteiger partial charge in [-0.3, -0.25) is 10.1 Å². The maximum Gasteiger partial charge on any atom is 0.307 e. The summed E-state index contributed by atoms with van der Waals surface area (Å²) < 4.78 is 1.32. The van der Waals surface area contributed by atoms with Crippen molar-refractivity contribution in [1.29, 1.82) is 0 Å². The van der Waals surface area contributed by atoms with E-state index in [-0.39, 0.29) is 5.69 Å². The van der Waals surface area contributed by atoms with Crippen molar-refractivity contribution in [2.75, 3.05) is 5.32 Å². The number of benzene rings is 1. The van der Waals surface area contributed by atoms with Gasteiger partial charge < -0.3 is 5.32 Å². The Morgan fingerprint density at radius 3 is 2.88 bits per heavy atom. The third-order valence-electron chi connectivity index (χ3n) is 4.49. The lowest BCUT2D eigenvalue weighted by Gasteiger charge is -2.20. The topological polar surface area (TPSA) is 98.8 Å². The van der Waals surface area contributed by atoms with Gasteiger partial charge in [-0.2, -0.15) is 14.8 Å². The van der Waals surface area contributed by atoms with Crippen LogP contribution in [-0.4, -0.2) is 24.7 Å². The quantitative estimate of drug-likeness (QED) is 0.571. The third-order valence-corrected chi connectivity index (χ3v) is 4.49. The largest absolute Gasteiger partial charge is 0.340 e. The van der Waals surface area contributed by atoms with E-state index in [1.54, 1.807) is 0 Å². The first-order valence-electron chi connectivity index (χ1n) is 8.53. The van der Waals surface area contributed by atoms with Crippen molar-refractivity contribution in [3.05, 3.63) is 63.6 Å². The highest BCUT2D eigenvalue weighted by Gasteiger charge is 2.15. The van der Waals surface area contributed by atoms with Gasteiger partial charge in [-0.05, 0) is 49.8 Å². The molecule has 26 heavy (non-hydrogen) atoms. The Hall–Kier alpha value is -3.29. The molecule has 3 aromatic rings. The first-order chi connectivity index (χ1) is 12.6. The van der Waals surface area contributed by atoms with Crippen LogP contribution < -0.4 is 5.32 Å². The fourth-order valence-corrected chi connectivity index (χ4v) is 3.27. The summed E-state index contributed by atoms with van der Waals surface area (Å²) in [5.41, 5.74) is 4.43. The average Bonchev–Trinajstić information content (AvgIpc) is 3.12. The smallest absolute Gasteiger partial charge is 0.307 e. The number of hydrogen-bond donors (Lipinski definition) is 1. The molecule has 0 saturated heterocycles. The summed E-state index contributed by atoms with van der Waals surface area (Å²) >= 11 is 0. The molecule has 0 aliphatic heterocycles. The van der Waals surface area contributed by atoms with Crippen LogP contribution in [0.4, 0.5) is 17.2 Å². The molecule has 0 fully saturated rings. The van der Waals surface area contributed by atoms with Crippen LogP contribution in [0.1, 0.15) is 29.7 Å². The lowest BCUT2D eigenvalue weighted by molar-refractivity contribution is -0.384. The maximum atomic E-state index is 10.9. The minimum absolute atomic E-state index is 0.0956. The Morgan fingerprint density at radius 1 is 1.23 bits per heavy atom. The van der Waals surface area contributed by atoms with Crippen molar-refractivity contribution in [3.63, 3.8) is 0 Å². The van der Waals surface area contributed by atoms with Crippen molar-refractivity contribution in [3.8, 4) is 5.95 Å². The van der Waals surface area contributed by atoms with E-state index in [9.17, 15) is 10.1 Å². The van der Waals surface area contributed by atoms with Crippen LogP contribution in [0.3, 0.4) is 0 Å². The van der Waals surface area contributed by atoms with Gasteiger partial charge in [0, 0.05) is 17.4 Å². The van der Waals surface area contributed by atoms with Gasteiger partial charge in [-0.1, -0.05) is 12.1 Å². The predicted octanol–water partition coefficient (Wildman–Crippen LogP) is 3.50. The van der Waals surface area contributed by atoms with Crippen LogP contribution in [-0.2, 0) is 12.8 Å². The lowest BCUT2D eigenvalue weighted by atomic mass is 9.90. The van der Waals surface area contributed by atoms with E-state index in [0.29, 0.717) is 11.8 Å². The molecule has 1 aromatic carbocycles. The normalized spacial score (nSPS) is 13.3. The minimum atomic E-state index is -0.491. The SMILES string of the molecule is Cc1cc(Nc2cccc3c2CCCC3)nc(-n2cc([N+](=O)[O-])cn2)n1. The van der Waals surface area contributed by atoms with Crippen LogP contribution in [0.15, 0.2) is 36.7 Å². The van der Waals surface area contributed by atoms with E-state index in [1.807, 2.05) is 13.0 Å². The Balaban J connectivity index is 1.68. The third kappa shape index (κ3) is 3.13. The number of aromatic nitrogens is 4. The summed E-state index contributed by atoms with van der Waals surface area (Å²) in [6.45, 7) is 1.86. The van der Waals surface area contributed by atoms with Gasteiger partial charge in [-0.25, -0.2) is 4.98 Å². The number of rotatable bonds is 4. The van der Waals surface area contributed by atoms with Crippen molar-refractivity contribution < 1.29 is 4.92 Å². The van der Waals surface area contributed by atoms with Crippen LogP contribution in [0.2, 0.25) is 0 Å². The van der Waals surface area contributed by atoms with Gasteiger partial charge in [0.1, 0.15) is 18.2 Å². The molecule has 0 spiro atoms. The molecule has 0 radical (unpaired) electrons. The first kappa shape index (κ1) is 16.2. The van der Waals surface area contributed by atoms with E-state index in [0.717, 1.165) is 24.2 Å². The Kier molecular flexibility index (Phi) is 4.08. The predicted molar refractivity (Wildman–Crippen MR) is 96.9 cm³/mol. The molecule has 0 amide bonds. The lowest BCUT2D eigenvalue weighted by Crippen LogP contribution is -2.09. The van der Waals surface area contributed by atoms with E-state index < -0.39 is 4.92 Å². The number of nitrogens with zero attached hydrogens (tertiary/aromatic N) is 5. The van der Waals surface area contributed by atoms with Gasteiger partial charge in [0.25, 0.3) is 5.95 Å². The van der Waals surface area contributed by atoms with Crippen LogP contribution in [0.5, 0.6) is 0 Å². The summed E-state index contributed by atoms with van der Waals surface area (Å²) in [7, 11) is 0. The fourth-order valence-electron chi connectivity index (χ4n) is 3.27. The number of nitro groups is 1. The number of fused-ring (bicyclic) bond motifs is 1. The fraction of sp³-hybridized carbons (Fsp3) is 0.278. The molecule has 8 nitrogen and oxygen atoms in total. The second-order valence-electron chi connectivity index (χ2n) is 6.37. The highest BCUT2D eigenvalue weighted by molar-refractivity contribution is 5.63. The van der Waals surface area contributed by atoms with E-state index in [4.69, 9.17) is 0 Å². The molecule has 0 bridgehead atoms. The number of hydrogen-bond acceptors (Lipinski definition) is 6. The van der Waals surface area contributed by atoms with Crippen LogP contribution in [0, 0.1) is 17.0 Å². The summed E-state index contributed by atoms with van der Waals surface area (Å²) in [6, 6.07) is 8.14. The molecular formula is C18H18N6O2. The molecule has 0 unspecified atom stereocenters. The van der Waals surface area contributed by atoms with Gasteiger partial charge in [0.2, 0.25) is 0 Å². The van der Waals surface area contributed by atoms with Crippen molar-refractivity contribution >= 4 is 17.2 Å². The summed E-state index contributed by atoms with van der Waals surface area (Å²) in [5.74, 6) is 0.940. The number of nitrogens with one attached hydrogen (secondary N) is 1. The highest BCUT2D eigenvalue weighted by Crippen LogP contribution is 2.29. The van der Waals surface area contributed by atoms with Crippen LogP contribution >= 0.6 is 0 Å². The number of anilines is 2. The second-order valence-corrected chi connectivity index (χ2v) is 6.37. The zero-order valence-corrected chi connectivity index (χ0v) is 14.3. The molecule has 2 aromatic heterocycles. The first-order valence-corrected chi connectivity index (χ1v) is 8.53. The van der Waals surface area contributed by atoms with Gasteiger partial charge in [0.05, 0.1) is 4.92 Å². The summed E-state index contributed by atoms with van der Waals surface area (Å²) in [6.07, 6.45) is 7.08. The molecule has 132 valence electrons. The van der Waals surface area contributed by atoms with E-state index >= 15 is 0 Å². The van der Waals surface area contributed by atoms with Gasteiger partial charge in [-0.15, -0.1) is 0 Å². The Morgan fingerprint density at radius 2 is 2.08 bits per heavy atom. The molecule has 0 saturated carbocycles. The zero-order chi connectivity index (χ0) is 18.1. The Labute approximate surface area is 150 Å². The highest BCUT2D eigenvalue weighted by atomic mass is 16.6. The molecule has 2 heterocycles. The molecular weight excluding hydrogens is 332 g/mol. The summed E-state index contributed by atoms with van der Waals surface area (Å²) in [4.78, 5) is 19.2. The van der Waals surface area contributed by atoms with Gasteiger partial charge >= 0.3 is 5.69 Å². The molecule has 8 heteroatoms. The molecule has 1 N–H and O–H groups in total. The molecule has 1 aliphatic carbocycles. The van der Waals surface area contributed by atoms with Crippen molar-refractivity contribution in [2.45, 2.75) is 32.6 Å². The van der Waals surface area contributed by atoms with E-state index in [2.05, 4.69) is 38.6 Å². The van der Waals surface area contributed by atoms with Crippen LogP contribution in [0.25, 0.3) is 5.95 Å². The maximum absolute atomic E-state index is 10.9. The molecule has 1 aliphatic rings. The minimum Gasteiger partial charge on any atom is -0.340 e. The zero-order valence-electron chi connectivity index (χ0n) is 14.3. The second kappa shape index (κ2) is 6.55. The van der Waals surface area contributed by atoms with Gasteiger partial charge in [0.15, 0.2) is 0 Å².